The van der Waals surface area contributed by atoms with E-state index in [9.17, 15) is 9.18 Å². The van der Waals surface area contributed by atoms with E-state index in [1.165, 1.54) is 24.9 Å². The van der Waals surface area contributed by atoms with Gasteiger partial charge in [0.2, 0.25) is 6.41 Å². The maximum atomic E-state index is 14.4. The number of halogens is 1. The first-order valence-electron chi connectivity index (χ1n) is 11.5. The van der Waals surface area contributed by atoms with Crippen molar-refractivity contribution in [3.8, 4) is 0 Å². The first-order chi connectivity index (χ1) is 15.2. The summed E-state index contributed by atoms with van der Waals surface area (Å²) in [4.78, 5) is 22.7. The maximum absolute atomic E-state index is 14.4. The smallest absolute Gasteiger partial charge is 0.211 e. The van der Waals surface area contributed by atoms with Gasteiger partial charge in [0.15, 0.2) is 0 Å². The Morgan fingerprint density at radius 1 is 0.903 bits per heavy atom. The number of nitrogens with one attached hydrogen (secondary N) is 1. The summed E-state index contributed by atoms with van der Waals surface area (Å²) in [5, 5.41) is 2.42. The number of anilines is 4. The number of hydrogen-bond donors (Lipinski definition) is 1. The molecule has 5 rings (SSSR count). The Hall–Kier alpha value is -2.83. The van der Waals surface area contributed by atoms with E-state index in [0.717, 1.165) is 56.9 Å². The third-order valence-corrected chi connectivity index (χ3v) is 7.05. The van der Waals surface area contributed by atoms with E-state index in [1.807, 2.05) is 12.3 Å². The zero-order chi connectivity index (χ0) is 21.2. The molecule has 3 aliphatic rings. The fourth-order valence-electron chi connectivity index (χ4n) is 5.57. The molecular weight excluding hydrogens is 393 g/mol. The lowest BCUT2D eigenvalue weighted by Crippen LogP contribution is -2.50. The van der Waals surface area contributed by atoms with Gasteiger partial charge in [-0.25, -0.2) is 9.37 Å². The zero-order valence-corrected chi connectivity index (χ0v) is 17.8. The highest BCUT2D eigenvalue weighted by molar-refractivity contribution is 5.73. The summed E-state index contributed by atoms with van der Waals surface area (Å²) in [7, 11) is 0. The Kier molecular flexibility index (Phi) is 5.66. The summed E-state index contributed by atoms with van der Waals surface area (Å²) < 4.78 is 14.4. The van der Waals surface area contributed by atoms with E-state index in [2.05, 4.69) is 32.1 Å². The average Bonchev–Trinajstić information content (AvgIpc) is 3.26. The SMILES string of the molecule is O=CNc1ccc(N2CCC[C@H]3[C@@H]2CCN3c2cc(N3CCCCC3)ccn2)cc1F. The van der Waals surface area contributed by atoms with E-state index < -0.39 is 5.82 Å². The van der Waals surface area contributed by atoms with Gasteiger partial charge in [0.05, 0.1) is 17.8 Å². The van der Waals surface area contributed by atoms with Gasteiger partial charge in [0, 0.05) is 49.8 Å². The van der Waals surface area contributed by atoms with Gasteiger partial charge in [0.1, 0.15) is 11.6 Å². The number of hydrogen-bond acceptors (Lipinski definition) is 5. The van der Waals surface area contributed by atoms with Crippen LogP contribution in [-0.4, -0.2) is 49.7 Å². The monoisotopic (exact) mass is 423 g/mol. The molecule has 3 aliphatic heterocycles. The number of pyridine rings is 1. The Morgan fingerprint density at radius 2 is 1.74 bits per heavy atom. The summed E-state index contributed by atoms with van der Waals surface area (Å²) in [6.45, 7) is 4.15. The third-order valence-electron chi connectivity index (χ3n) is 7.05. The highest BCUT2D eigenvalue weighted by Gasteiger charge is 2.41. The van der Waals surface area contributed by atoms with Crippen LogP contribution in [0.2, 0.25) is 0 Å². The molecule has 2 atom stereocenters. The number of fused-ring (bicyclic) bond motifs is 1. The highest BCUT2D eigenvalue weighted by atomic mass is 19.1. The number of carbonyl (C=O) groups is 1. The summed E-state index contributed by atoms with van der Waals surface area (Å²) >= 11 is 0. The van der Waals surface area contributed by atoms with Crippen LogP contribution in [-0.2, 0) is 4.79 Å². The molecule has 1 aromatic heterocycles. The van der Waals surface area contributed by atoms with Gasteiger partial charge >= 0.3 is 0 Å². The van der Waals surface area contributed by atoms with Crippen molar-refractivity contribution in [3.63, 3.8) is 0 Å². The summed E-state index contributed by atoms with van der Waals surface area (Å²) in [5.41, 5.74) is 2.39. The van der Waals surface area contributed by atoms with E-state index in [4.69, 9.17) is 4.98 Å². The van der Waals surface area contributed by atoms with Crippen molar-refractivity contribution >= 4 is 29.3 Å². The van der Waals surface area contributed by atoms with E-state index in [1.54, 1.807) is 12.1 Å². The molecule has 0 spiro atoms. The van der Waals surface area contributed by atoms with Gasteiger partial charge in [-0.05, 0) is 62.8 Å². The summed E-state index contributed by atoms with van der Waals surface area (Å²) in [6, 6.07) is 10.2. The summed E-state index contributed by atoms with van der Waals surface area (Å²) in [6.07, 6.45) is 9.54. The van der Waals surface area contributed by atoms with Crippen LogP contribution in [0.15, 0.2) is 36.5 Å². The van der Waals surface area contributed by atoms with Crippen molar-refractivity contribution < 1.29 is 9.18 Å². The molecule has 3 saturated heterocycles. The lowest BCUT2D eigenvalue weighted by Gasteiger charge is -2.41. The Labute approximate surface area is 183 Å². The van der Waals surface area contributed by atoms with Crippen LogP contribution in [0.3, 0.4) is 0 Å². The molecule has 1 amide bonds. The van der Waals surface area contributed by atoms with Gasteiger partial charge in [0.25, 0.3) is 0 Å². The lowest BCUT2D eigenvalue weighted by atomic mass is 9.96. The molecule has 31 heavy (non-hydrogen) atoms. The van der Waals surface area contributed by atoms with E-state index >= 15 is 0 Å². The second-order valence-corrected chi connectivity index (χ2v) is 8.80. The van der Waals surface area contributed by atoms with Gasteiger partial charge in [-0.15, -0.1) is 0 Å². The van der Waals surface area contributed by atoms with Crippen molar-refractivity contribution in [2.24, 2.45) is 0 Å². The van der Waals surface area contributed by atoms with Crippen molar-refractivity contribution in [1.82, 2.24) is 4.98 Å². The molecule has 3 fully saturated rings. The number of carbonyl (C=O) groups excluding carboxylic acids is 1. The molecule has 0 radical (unpaired) electrons. The van der Waals surface area contributed by atoms with Gasteiger partial charge in [-0.1, -0.05) is 0 Å². The Bertz CT molecular complexity index is 932. The minimum Gasteiger partial charge on any atom is -0.371 e. The van der Waals surface area contributed by atoms with Crippen LogP contribution in [0.1, 0.15) is 38.5 Å². The van der Waals surface area contributed by atoms with Gasteiger partial charge in [-0.3, -0.25) is 4.79 Å². The molecule has 164 valence electrons. The van der Waals surface area contributed by atoms with Crippen LogP contribution in [0.4, 0.5) is 27.3 Å². The molecule has 0 saturated carbocycles. The molecule has 0 bridgehead atoms. The molecule has 1 aromatic carbocycles. The first-order valence-corrected chi connectivity index (χ1v) is 11.5. The summed E-state index contributed by atoms with van der Waals surface area (Å²) in [5.74, 6) is 0.673. The molecule has 7 heteroatoms. The number of aromatic nitrogens is 1. The van der Waals surface area contributed by atoms with Gasteiger partial charge < -0.3 is 20.0 Å². The fraction of sp³-hybridized carbons (Fsp3) is 0.500. The quantitative estimate of drug-likeness (QED) is 0.736. The Morgan fingerprint density at radius 3 is 2.55 bits per heavy atom. The molecule has 2 aromatic rings. The van der Waals surface area contributed by atoms with Crippen molar-refractivity contribution in [1.29, 1.82) is 0 Å². The number of nitrogens with zero attached hydrogens (tertiary/aromatic N) is 4. The van der Waals surface area contributed by atoms with Gasteiger partial charge in [-0.2, -0.15) is 0 Å². The lowest BCUT2D eigenvalue weighted by molar-refractivity contribution is -0.105. The predicted molar refractivity (Wildman–Crippen MR) is 123 cm³/mol. The van der Waals surface area contributed by atoms with Crippen LogP contribution in [0, 0.1) is 5.82 Å². The minimum atomic E-state index is -0.391. The maximum Gasteiger partial charge on any atom is 0.211 e. The largest absolute Gasteiger partial charge is 0.371 e. The van der Waals surface area contributed by atoms with Crippen molar-refractivity contribution in [2.75, 3.05) is 46.2 Å². The van der Waals surface area contributed by atoms with Crippen LogP contribution >= 0.6 is 0 Å². The average molecular weight is 424 g/mol. The number of amides is 1. The number of rotatable bonds is 5. The number of benzene rings is 1. The second kappa shape index (κ2) is 8.73. The first kappa shape index (κ1) is 20.1. The standard InChI is InChI=1S/C24H30FN5O/c25-20-15-19(6-7-21(20)27-17-31)29-13-4-5-22-23(29)9-14-30(22)24-16-18(8-10-26-24)28-11-2-1-3-12-28/h6-8,10,15-17,22-23H,1-5,9,11-14H2,(H,27,31)/t22-,23-/m0/s1. The van der Waals surface area contributed by atoms with E-state index in [-0.39, 0.29) is 5.69 Å². The predicted octanol–water partition coefficient (Wildman–Crippen LogP) is 4.03. The molecule has 6 nitrogen and oxygen atoms in total. The Balaban J connectivity index is 1.36. The minimum absolute atomic E-state index is 0.221. The van der Waals surface area contributed by atoms with Crippen LogP contribution in [0.25, 0.3) is 0 Å². The third kappa shape index (κ3) is 3.93. The van der Waals surface area contributed by atoms with Crippen LogP contribution < -0.4 is 20.0 Å². The fourth-order valence-corrected chi connectivity index (χ4v) is 5.57. The molecule has 4 heterocycles. The molecule has 0 aliphatic carbocycles. The zero-order valence-electron chi connectivity index (χ0n) is 17.8. The van der Waals surface area contributed by atoms with E-state index in [0.29, 0.717) is 18.5 Å². The molecule has 1 N–H and O–H groups in total. The molecule has 0 unspecified atom stereocenters. The normalized spacial score (nSPS) is 23.6. The van der Waals surface area contributed by atoms with Crippen molar-refractivity contribution in [2.45, 2.75) is 50.6 Å². The highest BCUT2D eigenvalue weighted by Crippen LogP contribution is 2.37. The van der Waals surface area contributed by atoms with Crippen LogP contribution in [0.5, 0.6) is 0 Å². The topological polar surface area (TPSA) is 51.7 Å². The van der Waals surface area contributed by atoms with Crippen molar-refractivity contribution in [3.05, 3.63) is 42.3 Å². The molecular formula is C24H30FN5O. The second-order valence-electron chi connectivity index (χ2n) is 8.80. The number of piperidine rings is 2.